The number of sulfonamides is 1. The van der Waals surface area contributed by atoms with Gasteiger partial charge in [0.1, 0.15) is 21.3 Å². The molecule has 0 spiro atoms. The Hall–Kier alpha value is -2.95. The number of hydrogen-bond donors (Lipinski definition) is 2. The molecule has 0 bridgehead atoms. The number of rotatable bonds is 9. The van der Waals surface area contributed by atoms with Crippen LogP contribution in [0.2, 0.25) is 0 Å². The summed E-state index contributed by atoms with van der Waals surface area (Å²) in [5, 5.41) is 6.79. The molecule has 32 heavy (non-hydrogen) atoms. The molecule has 1 amide bonds. The highest BCUT2D eigenvalue weighted by Gasteiger charge is 2.30. The number of amides is 1. The summed E-state index contributed by atoms with van der Waals surface area (Å²) in [4.78, 5) is 12.8. The second-order valence-electron chi connectivity index (χ2n) is 7.40. The van der Waals surface area contributed by atoms with Crippen molar-refractivity contribution in [1.82, 2.24) is 9.88 Å². The van der Waals surface area contributed by atoms with Crippen LogP contribution in [-0.2, 0) is 21.4 Å². The molecule has 1 fully saturated rings. The lowest BCUT2D eigenvalue weighted by Crippen LogP contribution is -2.22. The first kappa shape index (κ1) is 22.3. The predicted molar refractivity (Wildman–Crippen MR) is 123 cm³/mol. The van der Waals surface area contributed by atoms with Gasteiger partial charge in [-0.2, -0.15) is 0 Å². The Labute approximate surface area is 190 Å². The molecular formula is C22H23N3O5S2. The fourth-order valence-corrected chi connectivity index (χ4v) is 5.32. The van der Waals surface area contributed by atoms with Crippen LogP contribution >= 0.6 is 11.3 Å². The Balaban J connectivity index is 1.44. The SMILES string of the molecule is COc1ccccc1CNS(=O)(=O)c1ccc(C=Cc2onc(C)c2NC(=O)C2CC2)s1. The quantitative estimate of drug-likeness (QED) is 0.485. The number of nitrogens with one attached hydrogen (secondary N) is 2. The van der Waals surface area contributed by atoms with E-state index in [0.717, 1.165) is 34.6 Å². The number of nitrogens with zero attached hydrogens (tertiary/aromatic N) is 1. The third-order valence-electron chi connectivity index (χ3n) is 5.00. The third-order valence-corrected chi connectivity index (χ3v) is 7.94. The molecule has 4 rings (SSSR count). The van der Waals surface area contributed by atoms with Gasteiger partial charge in [0, 0.05) is 22.9 Å². The lowest BCUT2D eigenvalue weighted by Gasteiger charge is -2.09. The zero-order chi connectivity index (χ0) is 22.7. The van der Waals surface area contributed by atoms with E-state index in [2.05, 4.69) is 15.2 Å². The first-order chi connectivity index (χ1) is 15.4. The molecule has 0 aliphatic heterocycles. The molecule has 1 aliphatic carbocycles. The van der Waals surface area contributed by atoms with Crippen LogP contribution in [0.1, 0.15) is 34.7 Å². The monoisotopic (exact) mass is 473 g/mol. The zero-order valence-corrected chi connectivity index (χ0v) is 19.3. The van der Waals surface area contributed by atoms with E-state index >= 15 is 0 Å². The number of ether oxygens (including phenoxy) is 1. The number of thiophene rings is 1. The summed E-state index contributed by atoms with van der Waals surface area (Å²) >= 11 is 1.13. The summed E-state index contributed by atoms with van der Waals surface area (Å²) in [7, 11) is -2.14. The summed E-state index contributed by atoms with van der Waals surface area (Å²) in [5.74, 6) is 1.08. The van der Waals surface area contributed by atoms with Crippen LogP contribution in [-0.4, -0.2) is 26.6 Å². The van der Waals surface area contributed by atoms with Gasteiger partial charge in [0.2, 0.25) is 15.9 Å². The molecule has 0 atom stereocenters. The van der Waals surface area contributed by atoms with E-state index in [4.69, 9.17) is 9.26 Å². The van der Waals surface area contributed by atoms with Gasteiger partial charge in [-0.1, -0.05) is 23.4 Å². The molecule has 1 aromatic carbocycles. The predicted octanol–water partition coefficient (Wildman–Crippen LogP) is 4.05. The molecule has 2 aromatic heterocycles. The maximum absolute atomic E-state index is 12.7. The summed E-state index contributed by atoms with van der Waals surface area (Å²) in [6.07, 6.45) is 5.21. The van der Waals surface area contributed by atoms with Crippen LogP contribution in [0.25, 0.3) is 12.2 Å². The van der Waals surface area contributed by atoms with Crippen LogP contribution in [0.15, 0.2) is 45.1 Å². The van der Waals surface area contributed by atoms with Gasteiger partial charge in [0.25, 0.3) is 0 Å². The number of carbonyl (C=O) groups is 1. The van der Waals surface area contributed by atoms with Crippen molar-refractivity contribution >= 4 is 45.1 Å². The van der Waals surface area contributed by atoms with Gasteiger partial charge < -0.3 is 14.6 Å². The Morgan fingerprint density at radius 1 is 1.25 bits per heavy atom. The third kappa shape index (κ3) is 5.09. The van der Waals surface area contributed by atoms with Crippen LogP contribution in [0.5, 0.6) is 5.75 Å². The van der Waals surface area contributed by atoms with Gasteiger partial charge in [0.15, 0.2) is 5.76 Å². The van der Waals surface area contributed by atoms with Gasteiger partial charge >= 0.3 is 0 Å². The van der Waals surface area contributed by atoms with Gasteiger partial charge in [0.05, 0.1) is 7.11 Å². The normalized spacial score (nSPS) is 14.1. The van der Waals surface area contributed by atoms with Crippen molar-refractivity contribution in [3.8, 4) is 5.75 Å². The minimum absolute atomic E-state index is 0.0309. The van der Waals surface area contributed by atoms with Gasteiger partial charge in [-0.05, 0) is 50.1 Å². The molecule has 10 heteroatoms. The number of hydrogen-bond acceptors (Lipinski definition) is 7. The number of aromatic nitrogens is 1. The van der Waals surface area contributed by atoms with Crippen molar-refractivity contribution in [1.29, 1.82) is 0 Å². The molecule has 1 saturated carbocycles. The highest BCUT2D eigenvalue weighted by Crippen LogP contribution is 2.32. The van der Waals surface area contributed by atoms with Crippen molar-refractivity contribution in [2.45, 2.75) is 30.5 Å². The fourth-order valence-electron chi connectivity index (χ4n) is 3.04. The number of methoxy groups -OCH3 is 1. The van der Waals surface area contributed by atoms with Gasteiger partial charge in [-0.15, -0.1) is 11.3 Å². The lowest BCUT2D eigenvalue weighted by molar-refractivity contribution is -0.117. The molecule has 2 N–H and O–H groups in total. The lowest BCUT2D eigenvalue weighted by atomic mass is 10.2. The largest absolute Gasteiger partial charge is 0.496 e. The van der Waals surface area contributed by atoms with Crippen molar-refractivity contribution < 1.29 is 22.5 Å². The molecule has 0 radical (unpaired) electrons. The van der Waals surface area contributed by atoms with Crippen LogP contribution < -0.4 is 14.8 Å². The van der Waals surface area contributed by atoms with Gasteiger partial charge in [-0.25, -0.2) is 13.1 Å². The average molecular weight is 474 g/mol. The second-order valence-corrected chi connectivity index (χ2v) is 10.5. The van der Waals surface area contributed by atoms with Crippen LogP contribution in [0.4, 0.5) is 5.69 Å². The van der Waals surface area contributed by atoms with E-state index in [1.54, 1.807) is 44.4 Å². The standard InChI is InChI=1S/C22H23N3O5S2/c1-14-21(24-22(26)15-7-8-15)19(30-25-14)11-9-17-10-12-20(31-17)32(27,28)23-13-16-5-3-4-6-18(16)29-2/h3-6,9-12,15,23H,7-8,13H2,1-2H3,(H,24,26). The number of para-hydroxylation sites is 1. The summed E-state index contributed by atoms with van der Waals surface area (Å²) in [5.41, 5.74) is 1.88. The second kappa shape index (κ2) is 9.27. The number of aryl methyl sites for hydroxylation is 1. The Morgan fingerprint density at radius 2 is 2.03 bits per heavy atom. The zero-order valence-electron chi connectivity index (χ0n) is 17.6. The number of carbonyl (C=O) groups excluding carboxylic acids is 1. The fraction of sp³-hybridized carbons (Fsp3) is 0.273. The first-order valence-corrected chi connectivity index (χ1v) is 12.3. The molecule has 3 aromatic rings. The summed E-state index contributed by atoms with van der Waals surface area (Å²) < 4.78 is 38.8. The Morgan fingerprint density at radius 3 is 2.78 bits per heavy atom. The molecule has 168 valence electrons. The average Bonchev–Trinajstić information content (AvgIpc) is 3.44. The van der Waals surface area contributed by atoms with Crippen molar-refractivity contribution in [2.24, 2.45) is 5.92 Å². The smallest absolute Gasteiger partial charge is 0.250 e. The number of anilines is 1. The Kier molecular flexibility index (Phi) is 6.45. The van der Waals surface area contributed by atoms with Crippen molar-refractivity contribution in [3.63, 3.8) is 0 Å². The van der Waals surface area contributed by atoms with Gasteiger partial charge in [-0.3, -0.25) is 4.79 Å². The summed E-state index contributed by atoms with van der Waals surface area (Å²) in [6, 6.07) is 10.5. The highest BCUT2D eigenvalue weighted by atomic mass is 32.2. The highest BCUT2D eigenvalue weighted by molar-refractivity contribution is 7.91. The van der Waals surface area contributed by atoms with E-state index in [1.165, 1.54) is 0 Å². The van der Waals surface area contributed by atoms with Crippen LogP contribution in [0.3, 0.4) is 0 Å². The van der Waals surface area contributed by atoms with E-state index in [1.807, 2.05) is 18.2 Å². The topological polar surface area (TPSA) is 111 Å². The molecule has 8 nitrogen and oxygen atoms in total. The number of benzene rings is 1. The molecule has 0 unspecified atom stereocenters. The van der Waals surface area contributed by atoms with E-state index < -0.39 is 10.0 Å². The maximum Gasteiger partial charge on any atom is 0.250 e. The molecule has 2 heterocycles. The molecular weight excluding hydrogens is 450 g/mol. The molecule has 1 aliphatic rings. The van der Waals surface area contributed by atoms with E-state index in [9.17, 15) is 13.2 Å². The Bertz CT molecular complexity index is 1260. The van der Waals surface area contributed by atoms with Crippen molar-refractivity contribution in [3.05, 3.63) is 58.3 Å². The van der Waals surface area contributed by atoms with Crippen molar-refractivity contribution in [2.75, 3.05) is 12.4 Å². The first-order valence-electron chi connectivity index (χ1n) is 10.0. The summed E-state index contributed by atoms with van der Waals surface area (Å²) in [6.45, 7) is 1.88. The maximum atomic E-state index is 12.7. The van der Waals surface area contributed by atoms with E-state index in [-0.39, 0.29) is 22.6 Å². The molecule has 0 saturated heterocycles. The minimum atomic E-state index is -3.68. The minimum Gasteiger partial charge on any atom is -0.496 e. The van der Waals surface area contributed by atoms with E-state index in [0.29, 0.717) is 22.9 Å². The van der Waals surface area contributed by atoms with Crippen LogP contribution in [0, 0.1) is 12.8 Å².